The van der Waals surface area contributed by atoms with E-state index in [0.29, 0.717) is 34.0 Å². The van der Waals surface area contributed by atoms with Crippen LogP contribution in [0.3, 0.4) is 0 Å². The van der Waals surface area contributed by atoms with Crippen LogP contribution in [-0.2, 0) is 20.4 Å². The molecule has 1 aromatic carbocycles. The number of aliphatic hydroxyl groups is 1. The van der Waals surface area contributed by atoms with E-state index in [-0.39, 0.29) is 30.8 Å². The number of aliphatic hydroxyl groups excluding tert-OH is 1. The molecule has 0 spiro atoms. The molecule has 0 aliphatic heterocycles. The van der Waals surface area contributed by atoms with Gasteiger partial charge in [0.05, 0.1) is 13.2 Å². The van der Waals surface area contributed by atoms with Crippen LogP contribution in [0.5, 0.6) is 0 Å². The molecule has 1 heterocycles. The summed E-state index contributed by atoms with van der Waals surface area (Å²) in [6.45, 7) is 3.02. The molecular formula is C19H23N4O6PS-. The van der Waals surface area contributed by atoms with Crippen molar-refractivity contribution in [1.82, 2.24) is 14.9 Å². The maximum Gasteiger partial charge on any atom is 0.265 e. The number of phosphoric ester groups is 1. The van der Waals surface area contributed by atoms with E-state index in [1.165, 1.54) is 11.1 Å². The topological polar surface area (TPSA) is 162 Å². The Morgan fingerprint density at radius 2 is 2.06 bits per heavy atom. The molecule has 1 atom stereocenters. The van der Waals surface area contributed by atoms with Crippen molar-refractivity contribution in [3.8, 4) is 0 Å². The number of carbonyl (C=O) groups excluding carboxylic acids is 1. The van der Waals surface area contributed by atoms with E-state index >= 15 is 0 Å². The number of thioether (sulfide) groups is 1. The van der Waals surface area contributed by atoms with Crippen molar-refractivity contribution < 1.29 is 28.8 Å². The van der Waals surface area contributed by atoms with E-state index in [1.54, 1.807) is 44.2 Å². The molecule has 0 aliphatic rings. The molecule has 0 saturated carbocycles. The van der Waals surface area contributed by atoms with Crippen LogP contribution in [0.25, 0.3) is 0 Å². The summed E-state index contributed by atoms with van der Waals surface area (Å²) in [5.41, 5.74) is 7.37. The largest absolute Gasteiger partial charge is 0.756 e. The van der Waals surface area contributed by atoms with Gasteiger partial charge in [0.2, 0.25) is 6.41 Å². The molecule has 167 valence electrons. The number of nitrogens with two attached hydrogens (primary N) is 1. The van der Waals surface area contributed by atoms with E-state index in [2.05, 4.69) is 14.5 Å². The van der Waals surface area contributed by atoms with Crippen molar-refractivity contribution in [2.75, 3.05) is 12.3 Å². The number of hydrogen-bond acceptors (Lipinski definition) is 9. The zero-order valence-electron chi connectivity index (χ0n) is 17.0. The van der Waals surface area contributed by atoms with Crippen molar-refractivity contribution in [3.63, 3.8) is 0 Å². The Morgan fingerprint density at radius 1 is 1.39 bits per heavy atom. The van der Waals surface area contributed by atoms with E-state index in [0.717, 1.165) is 11.8 Å². The van der Waals surface area contributed by atoms with Crippen LogP contribution in [0, 0.1) is 12.4 Å². The standard InChI is InChI=1S/C19H24N4O6PS/c1-13(23(12-24)11-16-10-21-14(2)22-18(16)20)17(8-9-29-30(26,27)28)31-19(25)15-6-4-3-5-7-15/h3-7,10,12,25H,8-9,11H2,1-2H3,(H2,20,21,22)(H2,26,27,28)/p-1. The van der Waals surface area contributed by atoms with Gasteiger partial charge in [0.1, 0.15) is 11.6 Å². The second kappa shape index (κ2) is 11.4. The highest BCUT2D eigenvalue weighted by Gasteiger charge is 2.19. The van der Waals surface area contributed by atoms with Crippen LogP contribution < -0.4 is 10.6 Å². The van der Waals surface area contributed by atoms with Crippen molar-refractivity contribution >= 4 is 31.8 Å². The predicted octanol–water partition coefficient (Wildman–Crippen LogP) is 2.07. The van der Waals surface area contributed by atoms with Gasteiger partial charge in [0.25, 0.3) is 7.82 Å². The van der Waals surface area contributed by atoms with E-state index in [4.69, 9.17) is 10.6 Å². The molecule has 0 bridgehead atoms. The summed E-state index contributed by atoms with van der Waals surface area (Å²) in [6, 6.07) is 8.71. The first-order valence-corrected chi connectivity index (χ1v) is 11.4. The molecule has 2 aromatic rings. The number of amides is 1. The fourth-order valence-corrected chi connectivity index (χ4v) is 3.79. The SMILES string of the molecule is CC(=C(CCOP(=O)([O-])O)S[C](O)c1ccccc1)N(C=O)Cc1cnc(C)nc1N. The Bertz CT molecular complexity index is 969. The van der Waals surface area contributed by atoms with Crippen LogP contribution in [0.15, 0.2) is 47.1 Å². The lowest BCUT2D eigenvalue weighted by Gasteiger charge is -2.24. The van der Waals surface area contributed by atoms with Gasteiger partial charge in [-0.25, -0.2) is 9.97 Å². The van der Waals surface area contributed by atoms with Crippen molar-refractivity contribution in [1.29, 1.82) is 0 Å². The van der Waals surface area contributed by atoms with Gasteiger partial charge in [-0.2, -0.15) is 0 Å². The van der Waals surface area contributed by atoms with E-state index in [9.17, 15) is 19.4 Å². The second-order valence-corrected chi connectivity index (χ2v) is 8.67. The molecule has 1 radical (unpaired) electrons. The first-order chi connectivity index (χ1) is 14.6. The van der Waals surface area contributed by atoms with Crippen LogP contribution in [0.1, 0.15) is 30.3 Å². The molecule has 2 rings (SSSR count). The minimum atomic E-state index is -4.91. The molecule has 0 saturated heterocycles. The van der Waals surface area contributed by atoms with E-state index < -0.39 is 7.82 Å². The third-order valence-electron chi connectivity index (χ3n) is 4.14. The van der Waals surface area contributed by atoms with Gasteiger partial charge in [-0.1, -0.05) is 42.1 Å². The number of benzene rings is 1. The number of anilines is 1. The fourth-order valence-electron chi connectivity index (χ4n) is 2.53. The van der Waals surface area contributed by atoms with Gasteiger partial charge in [-0.3, -0.25) is 9.36 Å². The molecule has 4 N–H and O–H groups in total. The van der Waals surface area contributed by atoms with Crippen LogP contribution in [0.2, 0.25) is 0 Å². The molecule has 0 fully saturated rings. The highest BCUT2D eigenvalue weighted by molar-refractivity contribution is 8.05. The van der Waals surface area contributed by atoms with Gasteiger partial charge in [0, 0.05) is 28.8 Å². The van der Waals surface area contributed by atoms with Crippen LogP contribution >= 0.6 is 19.6 Å². The number of aromatic nitrogens is 2. The lowest BCUT2D eigenvalue weighted by Crippen LogP contribution is -2.22. The number of carbonyl (C=O) groups is 1. The van der Waals surface area contributed by atoms with Gasteiger partial charge in [-0.15, -0.1) is 0 Å². The third kappa shape index (κ3) is 8.06. The first kappa shape index (κ1) is 25.0. The highest BCUT2D eigenvalue weighted by atomic mass is 32.2. The lowest BCUT2D eigenvalue weighted by molar-refractivity contribution is -0.219. The second-order valence-electron chi connectivity index (χ2n) is 6.39. The monoisotopic (exact) mass is 466 g/mol. The zero-order chi connectivity index (χ0) is 23.0. The molecule has 1 amide bonds. The number of rotatable bonds is 11. The summed E-state index contributed by atoms with van der Waals surface area (Å²) >= 11 is 0.953. The van der Waals surface area contributed by atoms with Crippen LogP contribution in [-0.4, -0.2) is 37.9 Å². The van der Waals surface area contributed by atoms with Gasteiger partial charge in [-0.05, 0) is 19.4 Å². The number of nitrogens with zero attached hydrogens (tertiary/aromatic N) is 3. The number of hydrogen-bond donors (Lipinski definition) is 3. The number of allylic oxidation sites excluding steroid dienone is 1. The maximum absolute atomic E-state index is 11.8. The summed E-state index contributed by atoms with van der Waals surface area (Å²) in [5.74, 6) is 0.726. The Morgan fingerprint density at radius 3 is 2.65 bits per heavy atom. The average Bonchev–Trinajstić information content (AvgIpc) is 2.71. The summed E-state index contributed by atoms with van der Waals surface area (Å²) in [5, 5.41) is 10.5. The smallest absolute Gasteiger partial charge is 0.265 e. The van der Waals surface area contributed by atoms with Gasteiger partial charge >= 0.3 is 0 Å². The number of nitrogen functional groups attached to an aromatic ring is 1. The first-order valence-electron chi connectivity index (χ1n) is 9.08. The van der Waals surface area contributed by atoms with E-state index in [1.807, 2.05) is 0 Å². The van der Waals surface area contributed by atoms with Crippen LogP contribution in [0.4, 0.5) is 5.82 Å². The number of phosphoric acid groups is 1. The van der Waals surface area contributed by atoms with Gasteiger partial charge in [0.15, 0.2) is 5.44 Å². The molecule has 1 unspecified atom stereocenters. The average molecular weight is 466 g/mol. The molecule has 0 aliphatic carbocycles. The lowest BCUT2D eigenvalue weighted by atomic mass is 10.2. The summed E-state index contributed by atoms with van der Waals surface area (Å²) < 4.78 is 15.3. The molecule has 31 heavy (non-hydrogen) atoms. The quantitative estimate of drug-likeness (QED) is 0.330. The molecule has 1 aromatic heterocycles. The van der Waals surface area contributed by atoms with Gasteiger partial charge < -0.3 is 30.1 Å². The highest BCUT2D eigenvalue weighted by Crippen LogP contribution is 2.38. The summed E-state index contributed by atoms with van der Waals surface area (Å²) in [4.78, 5) is 41.5. The molecule has 12 heteroatoms. The Balaban J connectivity index is 2.29. The minimum absolute atomic E-state index is 0.00437. The van der Waals surface area contributed by atoms with Crippen molar-refractivity contribution in [2.24, 2.45) is 0 Å². The maximum atomic E-state index is 11.8. The fraction of sp³-hybridized carbons (Fsp3) is 0.263. The molecular weight excluding hydrogens is 443 g/mol. The Labute approximate surface area is 184 Å². The number of aryl methyl sites for hydroxylation is 1. The Hall–Kier alpha value is -2.27. The zero-order valence-corrected chi connectivity index (χ0v) is 18.7. The minimum Gasteiger partial charge on any atom is -0.756 e. The summed E-state index contributed by atoms with van der Waals surface area (Å²) in [7, 11) is -4.91. The van der Waals surface area contributed by atoms with Crippen molar-refractivity contribution in [3.05, 3.63) is 69.5 Å². The summed E-state index contributed by atoms with van der Waals surface area (Å²) in [6.07, 6.45) is 2.11. The predicted molar refractivity (Wildman–Crippen MR) is 114 cm³/mol. The normalized spacial score (nSPS) is 14.1. The van der Waals surface area contributed by atoms with Crippen molar-refractivity contribution in [2.45, 2.75) is 26.8 Å². The Kier molecular flexibility index (Phi) is 9.17. The molecule has 10 nitrogen and oxygen atoms in total. The third-order valence-corrected chi connectivity index (χ3v) is 5.83.